The number of guanidine groups is 1. The van der Waals surface area contributed by atoms with Gasteiger partial charge in [-0.1, -0.05) is 0 Å². The second kappa shape index (κ2) is 11.1. The molecule has 0 saturated carbocycles. The van der Waals surface area contributed by atoms with Gasteiger partial charge in [-0.25, -0.2) is 9.37 Å². The van der Waals surface area contributed by atoms with Crippen molar-refractivity contribution >= 4 is 11.8 Å². The first-order chi connectivity index (χ1) is 15.3. The van der Waals surface area contributed by atoms with Crippen LogP contribution in [0, 0.1) is 5.82 Å². The molecule has 2 aliphatic heterocycles. The zero-order chi connectivity index (χ0) is 21.3. The number of morpholine rings is 1. The molecule has 4 heterocycles. The molecule has 2 aromatic heterocycles. The highest BCUT2D eigenvalue weighted by atomic mass is 19.1. The highest BCUT2D eigenvalue weighted by Crippen LogP contribution is 2.20. The number of hydrogen-bond acceptors (Lipinski definition) is 6. The fourth-order valence-electron chi connectivity index (χ4n) is 3.91. The summed E-state index contributed by atoms with van der Waals surface area (Å²) in [6, 6.07) is 7.12. The molecule has 2 fully saturated rings. The smallest absolute Gasteiger partial charge is 0.191 e. The molecule has 1 atom stereocenters. The van der Waals surface area contributed by atoms with Crippen LogP contribution < -0.4 is 15.5 Å². The number of halogens is 1. The number of anilines is 1. The van der Waals surface area contributed by atoms with Crippen molar-refractivity contribution in [1.82, 2.24) is 20.5 Å². The van der Waals surface area contributed by atoms with Crippen LogP contribution in [0.25, 0.3) is 0 Å². The van der Waals surface area contributed by atoms with Gasteiger partial charge in [-0.15, -0.1) is 0 Å². The van der Waals surface area contributed by atoms with Crippen LogP contribution in [0.5, 0.6) is 0 Å². The number of aromatic nitrogens is 1. The lowest BCUT2D eigenvalue weighted by Crippen LogP contribution is -2.46. The van der Waals surface area contributed by atoms with E-state index in [4.69, 9.17) is 14.1 Å². The van der Waals surface area contributed by atoms with Crippen molar-refractivity contribution in [2.45, 2.75) is 18.9 Å². The van der Waals surface area contributed by atoms with Crippen molar-refractivity contribution in [3.63, 3.8) is 0 Å². The molecule has 8 nitrogen and oxygen atoms in total. The SMILES string of the molecule is Fc1cccnc1N1CCC(NC(=NCCN2CCOCC2)NCCc2ccco2)C1. The average Bonchev–Trinajstić information content (AvgIpc) is 3.47. The normalized spacial score (nSPS) is 20.2. The van der Waals surface area contributed by atoms with E-state index >= 15 is 0 Å². The Morgan fingerprint density at radius 3 is 2.94 bits per heavy atom. The molecule has 1 unspecified atom stereocenters. The van der Waals surface area contributed by atoms with Gasteiger partial charge in [0.05, 0.1) is 26.0 Å². The molecule has 0 spiro atoms. The van der Waals surface area contributed by atoms with E-state index in [1.54, 1.807) is 18.5 Å². The van der Waals surface area contributed by atoms with E-state index in [1.165, 1.54) is 6.07 Å². The third-order valence-corrected chi connectivity index (χ3v) is 5.60. The second-order valence-corrected chi connectivity index (χ2v) is 7.83. The van der Waals surface area contributed by atoms with Crippen LogP contribution in [0.2, 0.25) is 0 Å². The van der Waals surface area contributed by atoms with Crippen LogP contribution in [0.1, 0.15) is 12.2 Å². The molecule has 0 amide bonds. The fourth-order valence-corrected chi connectivity index (χ4v) is 3.91. The molecule has 2 N–H and O–H groups in total. The molecule has 0 aromatic carbocycles. The number of nitrogens with zero attached hydrogens (tertiary/aromatic N) is 4. The van der Waals surface area contributed by atoms with E-state index in [0.717, 1.165) is 70.5 Å². The molecular weight excluding hydrogens is 399 g/mol. The van der Waals surface area contributed by atoms with E-state index in [1.807, 2.05) is 17.0 Å². The van der Waals surface area contributed by atoms with Gasteiger partial charge in [-0.3, -0.25) is 9.89 Å². The van der Waals surface area contributed by atoms with Gasteiger partial charge < -0.3 is 24.7 Å². The Morgan fingerprint density at radius 2 is 2.13 bits per heavy atom. The summed E-state index contributed by atoms with van der Waals surface area (Å²) in [4.78, 5) is 13.4. The Balaban J connectivity index is 1.31. The standard InChI is InChI=1S/C22H31FN6O2/c23-20-4-1-7-24-21(20)29-10-6-18(17-29)27-22(25-8-5-19-3-2-14-31-19)26-9-11-28-12-15-30-16-13-28/h1-4,7,14,18H,5-6,8-13,15-17H2,(H2,25,26,27). The monoisotopic (exact) mass is 430 g/mol. The fraction of sp³-hybridized carbons (Fsp3) is 0.545. The Labute approximate surface area is 182 Å². The van der Waals surface area contributed by atoms with Crippen molar-refractivity contribution in [2.75, 3.05) is 63.9 Å². The number of hydrogen-bond donors (Lipinski definition) is 2. The first kappa shape index (κ1) is 21.6. The van der Waals surface area contributed by atoms with Crippen LogP contribution in [0.3, 0.4) is 0 Å². The van der Waals surface area contributed by atoms with E-state index in [2.05, 4.69) is 20.5 Å². The Bertz CT molecular complexity index is 825. The maximum absolute atomic E-state index is 14.1. The summed E-state index contributed by atoms with van der Waals surface area (Å²) < 4.78 is 24.9. The minimum Gasteiger partial charge on any atom is -0.469 e. The van der Waals surface area contributed by atoms with E-state index < -0.39 is 0 Å². The number of aliphatic imine (C=N–C) groups is 1. The number of pyridine rings is 1. The first-order valence-electron chi connectivity index (χ1n) is 11.0. The number of furan rings is 1. The maximum atomic E-state index is 14.1. The van der Waals surface area contributed by atoms with E-state index in [9.17, 15) is 4.39 Å². The van der Waals surface area contributed by atoms with E-state index in [0.29, 0.717) is 18.9 Å². The summed E-state index contributed by atoms with van der Waals surface area (Å²) >= 11 is 0. The van der Waals surface area contributed by atoms with Gasteiger partial charge in [0.1, 0.15) is 5.76 Å². The molecule has 31 heavy (non-hydrogen) atoms. The van der Waals surface area contributed by atoms with Crippen LogP contribution in [-0.2, 0) is 11.2 Å². The molecule has 4 rings (SSSR count). The van der Waals surface area contributed by atoms with Gasteiger partial charge in [-0.2, -0.15) is 0 Å². The topological polar surface area (TPSA) is 78.2 Å². The summed E-state index contributed by atoms with van der Waals surface area (Å²) in [5.74, 6) is 1.87. The Morgan fingerprint density at radius 1 is 1.23 bits per heavy atom. The minimum atomic E-state index is -0.279. The van der Waals surface area contributed by atoms with Crippen LogP contribution in [0.4, 0.5) is 10.2 Å². The quantitative estimate of drug-likeness (QED) is 0.485. The lowest BCUT2D eigenvalue weighted by molar-refractivity contribution is 0.0394. The van der Waals surface area contributed by atoms with Gasteiger partial charge in [-0.05, 0) is 30.7 Å². The summed E-state index contributed by atoms with van der Waals surface area (Å²) in [6.45, 7) is 7.29. The predicted molar refractivity (Wildman–Crippen MR) is 118 cm³/mol. The summed E-state index contributed by atoms with van der Waals surface area (Å²) in [5.41, 5.74) is 0. The molecule has 0 radical (unpaired) electrons. The molecule has 168 valence electrons. The van der Waals surface area contributed by atoms with Gasteiger partial charge in [0.25, 0.3) is 0 Å². The van der Waals surface area contributed by atoms with Crippen molar-refractivity contribution in [3.8, 4) is 0 Å². The van der Waals surface area contributed by atoms with Crippen molar-refractivity contribution in [3.05, 3.63) is 48.3 Å². The second-order valence-electron chi connectivity index (χ2n) is 7.83. The molecule has 0 aliphatic carbocycles. The van der Waals surface area contributed by atoms with Crippen molar-refractivity contribution in [1.29, 1.82) is 0 Å². The maximum Gasteiger partial charge on any atom is 0.191 e. The molecule has 2 saturated heterocycles. The van der Waals surface area contributed by atoms with Crippen molar-refractivity contribution < 1.29 is 13.5 Å². The minimum absolute atomic E-state index is 0.180. The highest BCUT2D eigenvalue weighted by Gasteiger charge is 2.26. The van der Waals surface area contributed by atoms with Gasteiger partial charge in [0.15, 0.2) is 17.6 Å². The third kappa shape index (κ3) is 6.41. The van der Waals surface area contributed by atoms with Gasteiger partial charge >= 0.3 is 0 Å². The Kier molecular flexibility index (Phi) is 7.73. The van der Waals surface area contributed by atoms with E-state index in [-0.39, 0.29) is 11.9 Å². The third-order valence-electron chi connectivity index (χ3n) is 5.60. The average molecular weight is 431 g/mol. The van der Waals surface area contributed by atoms with Crippen LogP contribution >= 0.6 is 0 Å². The summed E-state index contributed by atoms with van der Waals surface area (Å²) in [5, 5.41) is 6.94. The molecular formula is C22H31FN6O2. The molecule has 2 aliphatic rings. The number of ether oxygens (including phenoxy) is 1. The highest BCUT2D eigenvalue weighted by molar-refractivity contribution is 5.80. The predicted octanol–water partition coefficient (Wildman–Crippen LogP) is 1.50. The zero-order valence-corrected chi connectivity index (χ0v) is 17.8. The molecule has 9 heteroatoms. The largest absolute Gasteiger partial charge is 0.469 e. The summed E-state index contributed by atoms with van der Waals surface area (Å²) in [7, 11) is 0. The molecule has 2 aromatic rings. The number of rotatable bonds is 8. The number of nitrogens with one attached hydrogen (secondary N) is 2. The zero-order valence-electron chi connectivity index (χ0n) is 17.8. The lowest BCUT2D eigenvalue weighted by atomic mass is 10.3. The van der Waals surface area contributed by atoms with Crippen LogP contribution in [-0.4, -0.2) is 80.9 Å². The Hall–Kier alpha value is -2.65. The van der Waals surface area contributed by atoms with Gasteiger partial charge in [0.2, 0.25) is 0 Å². The van der Waals surface area contributed by atoms with Crippen LogP contribution in [0.15, 0.2) is 46.1 Å². The first-order valence-corrected chi connectivity index (χ1v) is 11.0. The molecule has 0 bridgehead atoms. The lowest BCUT2D eigenvalue weighted by Gasteiger charge is -2.26. The summed E-state index contributed by atoms with van der Waals surface area (Å²) in [6.07, 6.45) is 5.01. The van der Waals surface area contributed by atoms with Gasteiger partial charge in [0, 0.05) is 57.9 Å². The van der Waals surface area contributed by atoms with Crippen molar-refractivity contribution in [2.24, 2.45) is 4.99 Å².